The van der Waals surface area contributed by atoms with Crippen LogP contribution in [0.25, 0.3) is 0 Å². The molecule has 0 saturated carbocycles. The molecular weight excluding hydrogens is 372 g/mol. The standard InChI is InChI=1S/C18H13F2N5O3/c19-11-6-7-13(20)14(8-11)21-16(26)10-24-18(28)25-15(22-24)9-23(17(25)27)12-4-2-1-3-5-12/h1-8H,9-10H2,(H,21,26). The molecule has 0 saturated heterocycles. The number of para-hydroxylation sites is 1. The number of fused-ring (bicyclic) bond motifs is 1. The number of amides is 2. The van der Waals surface area contributed by atoms with Crippen LogP contribution in [0.15, 0.2) is 53.3 Å². The Labute approximate surface area is 156 Å². The molecule has 2 amide bonds. The minimum absolute atomic E-state index is 0.0746. The quantitative estimate of drug-likeness (QED) is 0.744. The maximum absolute atomic E-state index is 13.6. The normalized spacial score (nSPS) is 12.9. The summed E-state index contributed by atoms with van der Waals surface area (Å²) in [6, 6.07) is 10.8. The molecule has 0 fully saturated rings. The molecular formula is C18H13F2N5O3. The summed E-state index contributed by atoms with van der Waals surface area (Å²) in [6.07, 6.45) is 0. The van der Waals surface area contributed by atoms with E-state index in [1.165, 1.54) is 4.90 Å². The molecule has 0 unspecified atom stereocenters. The van der Waals surface area contributed by atoms with Gasteiger partial charge in [0.25, 0.3) is 0 Å². The lowest BCUT2D eigenvalue weighted by molar-refractivity contribution is -0.117. The van der Waals surface area contributed by atoms with Crippen LogP contribution >= 0.6 is 0 Å². The molecule has 10 heteroatoms. The molecule has 1 N–H and O–H groups in total. The highest BCUT2D eigenvalue weighted by Crippen LogP contribution is 2.21. The minimum atomic E-state index is -0.817. The third-order valence-corrected chi connectivity index (χ3v) is 4.19. The maximum Gasteiger partial charge on any atom is 0.354 e. The van der Waals surface area contributed by atoms with Gasteiger partial charge in [0, 0.05) is 11.8 Å². The van der Waals surface area contributed by atoms with E-state index in [-0.39, 0.29) is 18.1 Å². The van der Waals surface area contributed by atoms with E-state index in [9.17, 15) is 23.2 Å². The Hall–Kier alpha value is -3.82. The average Bonchev–Trinajstić information content (AvgIpc) is 3.16. The Morgan fingerprint density at radius 3 is 2.57 bits per heavy atom. The van der Waals surface area contributed by atoms with Crippen molar-refractivity contribution in [1.82, 2.24) is 14.3 Å². The molecule has 1 aliphatic heterocycles. The first-order chi connectivity index (χ1) is 13.4. The fourth-order valence-corrected chi connectivity index (χ4v) is 2.91. The van der Waals surface area contributed by atoms with Crippen LogP contribution in [0.3, 0.4) is 0 Å². The van der Waals surface area contributed by atoms with Crippen LogP contribution in [0, 0.1) is 11.6 Å². The fraction of sp³-hybridized carbons (Fsp3) is 0.111. The van der Waals surface area contributed by atoms with Crippen molar-refractivity contribution in [2.24, 2.45) is 0 Å². The van der Waals surface area contributed by atoms with Crippen LogP contribution in [-0.2, 0) is 17.9 Å². The monoisotopic (exact) mass is 385 g/mol. The van der Waals surface area contributed by atoms with Crippen molar-refractivity contribution in [2.45, 2.75) is 13.1 Å². The Balaban J connectivity index is 1.53. The zero-order valence-corrected chi connectivity index (χ0v) is 14.3. The van der Waals surface area contributed by atoms with Crippen molar-refractivity contribution in [3.05, 3.63) is 76.5 Å². The highest BCUT2D eigenvalue weighted by atomic mass is 19.1. The molecule has 0 atom stereocenters. The summed E-state index contributed by atoms with van der Waals surface area (Å²) < 4.78 is 28.5. The van der Waals surface area contributed by atoms with Crippen molar-refractivity contribution < 1.29 is 18.4 Å². The number of halogens is 2. The van der Waals surface area contributed by atoms with E-state index >= 15 is 0 Å². The Morgan fingerprint density at radius 2 is 1.86 bits per heavy atom. The van der Waals surface area contributed by atoms with E-state index in [4.69, 9.17) is 0 Å². The second-order valence-electron chi connectivity index (χ2n) is 6.07. The predicted octanol–water partition coefficient (Wildman–Crippen LogP) is 1.95. The van der Waals surface area contributed by atoms with Crippen LogP contribution in [0.2, 0.25) is 0 Å². The van der Waals surface area contributed by atoms with Gasteiger partial charge in [-0.3, -0.25) is 9.69 Å². The Bertz CT molecular complexity index is 1140. The number of anilines is 2. The van der Waals surface area contributed by atoms with Gasteiger partial charge in [-0.25, -0.2) is 23.1 Å². The van der Waals surface area contributed by atoms with Gasteiger partial charge in [0.2, 0.25) is 5.91 Å². The van der Waals surface area contributed by atoms with Gasteiger partial charge in [-0.1, -0.05) is 18.2 Å². The van der Waals surface area contributed by atoms with E-state index in [1.54, 1.807) is 30.3 Å². The van der Waals surface area contributed by atoms with E-state index in [1.807, 2.05) is 0 Å². The molecule has 1 aliphatic rings. The molecule has 0 spiro atoms. The molecule has 8 nitrogen and oxygen atoms in total. The lowest BCUT2D eigenvalue weighted by atomic mass is 10.3. The number of nitrogens with one attached hydrogen (secondary N) is 1. The topological polar surface area (TPSA) is 89.2 Å². The van der Waals surface area contributed by atoms with E-state index < -0.39 is 35.8 Å². The summed E-state index contributed by atoms with van der Waals surface area (Å²) >= 11 is 0. The van der Waals surface area contributed by atoms with Crippen LogP contribution in [0.4, 0.5) is 25.0 Å². The van der Waals surface area contributed by atoms with Gasteiger partial charge >= 0.3 is 11.7 Å². The molecule has 0 aliphatic carbocycles. The maximum atomic E-state index is 13.6. The molecule has 4 rings (SSSR count). The SMILES string of the molecule is O=C(Cn1nc2n(c1=O)C(=O)N(c1ccccc1)C2)Nc1cc(F)ccc1F. The van der Waals surface area contributed by atoms with Gasteiger partial charge in [-0.15, -0.1) is 0 Å². The first-order valence-corrected chi connectivity index (χ1v) is 8.24. The predicted molar refractivity (Wildman–Crippen MR) is 94.9 cm³/mol. The third kappa shape index (κ3) is 3.04. The van der Waals surface area contributed by atoms with Crippen molar-refractivity contribution in [2.75, 3.05) is 10.2 Å². The summed E-state index contributed by atoms with van der Waals surface area (Å²) in [7, 11) is 0. The van der Waals surface area contributed by atoms with Crippen molar-refractivity contribution in [3.63, 3.8) is 0 Å². The Kier molecular flexibility index (Phi) is 4.22. The van der Waals surface area contributed by atoms with Gasteiger partial charge in [0.05, 0.1) is 12.2 Å². The molecule has 28 heavy (non-hydrogen) atoms. The average molecular weight is 385 g/mol. The van der Waals surface area contributed by atoms with Crippen LogP contribution in [-0.4, -0.2) is 26.3 Å². The molecule has 3 aromatic rings. The van der Waals surface area contributed by atoms with E-state index in [2.05, 4.69) is 10.4 Å². The minimum Gasteiger partial charge on any atom is -0.322 e. The molecule has 0 radical (unpaired) electrons. The summed E-state index contributed by atoms with van der Waals surface area (Å²) in [5.41, 5.74) is -0.521. The third-order valence-electron chi connectivity index (χ3n) is 4.19. The number of hydrogen-bond donors (Lipinski definition) is 1. The van der Waals surface area contributed by atoms with Gasteiger partial charge in [-0.2, -0.15) is 9.67 Å². The number of nitrogens with zero attached hydrogens (tertiary/aromatic N) is 4. The fourth-order valence-electron chi connectivity index (χ4n) is 2.91. The second-order valence-corrected chi connectivity index (χ2v) is 6.07. The number of carbonyl (C=O) groups is 2. The number of benzene rings is 2. The summed E-state index contributed by atoms with van der Waals surface area (Å²) in [5, 5.41) is 6.19. The van der Waals surface area contributed by atoms with Gasteiger partial charge < -0.3 is 5.32 Å². The second kappa shape index (κ2) is 6.72. The molecule has 0 bridgehead atoms. The van der Waals surface area contributed by atoms with Crippen LogP contribution in [0.1, 0.15) is 5.82 Å². The number of rotatable bonds is 4. The van der Waals surface area contributed by atoms with Gasteiger partial charge in [0.15, 0.2) is 5.82 Å². The first-order valence-electron chi connectivity index (χ1n) is 8.24. The lowest BCUT2D eigenvalue weighted by Crippen LogP contribution is -2.36. The number of aromatic nitrogens is 3. The molecule has 1 aromatic heterocycles. The zero-order chi connectivity index (χ0) is 19.8. The Morgan fingerprint density at radius 1 is 1.11 bits per heavy atom. The summed E-state index contributed by atoms with van der Waals surface area (Å²) in [4.78, 5) is 38.5. The van der Waals surface area contributed by atoms with Crippen molar-refractivity contribution >= 4 is 23.3 Å². The van der Waals surface area contributed by atoms with E-state index in [0.29, 0.717) is 5.69 Å². The summed E-state index contributed by atoms with van der Waals surface area (Å²) in [6.45, 7) is -0.474. The largest absolute Gasteiger partial charge is 0.354 e. The van der Waals surface area contributed by atoms with E-state index in [0.717, 1.165) is 27.4 Å². The molecule has 2 aromatic carbocycles. The van der Waals surface area contributed by atoms with Gasteiger partial charge in [0.1, 0.15) is 18.2 Å². The molecule has 2 heterocycles. The van der Waals surface area contributed by atoms with Crippen molar-refractivity contribution in [3.8, 4) is 0 Å². The summed E-state index contributed by atoms with van der Waals surface area (Å²) in [5.74, 6) is -2.14. The smallest absolute Gasteiger partial charge is 0.322 e. The highest BCUT2D eigenvalue weighted by molar-refractivity contribution is 5.96. The first kappa shape index (κ1) is 17.6. The number of carbonyl (C=O) groups excluding carboxylic acids is 2. The highest BCUT2D eigenvalue weighted by Gasteiger charge is 2.33. The molecule has 142 valence electrons. The lowest BCUT2D eigenvalue weighted by Gasteiger charge is -2.14. The zero-order valence-electron chi connectivity index (χ0n) is 14.3. The number of hydrogen-bond acceptors (Lipinski definition) is 4. The van der Waals surface area contributed by atoms with Crippen LogP contribution < -0.4 is 15.9 Å². The van der Waals surface area contributed by atoms with Crippen molar-refractivity contribution in [1.29, 1.82) is 0 Å². The van der Waals surface area contributed by atoms with Crippen LogP contribution in [0.5, 0.6) is 0 Å². The van der Waals surface area contributed by atoms with Gasteiger partial charge in [-0.05, 0) is 24.3 Å².